The van der Waals surface area contributed by atoms with Crippen LogP contribution in [0, 0.1) is 0 Å². The number of benzene rings is 2. The summed E-state index contributed by atoms with van der Waals surface area (Å²) < 4.78 is 117. The highest BCUT2D eigenvalue weighted by molar-refractivity contribution is 7.90. The van der Waals surface area contributed by atoms with Crippen molar-refractivity contribution in [2.45, 2.75) is 54.1 Å². The van der Waals surface area contributed by atoms with Gasteiger partial charge in [-0.1, -0.05) is 18.2 Å². The summed E-state index contributed by atoms with van der Waals surface area (Å²) in [6.45, 7) is 0.590. The summed E-state index contributed by atoms with van der Waals surface area (Å²) in [7, 11) is -3.35. The molecule has 180 valence electrons. The molecule has 1 unspecified atom stereocenters. The Morgan fingerprint density at radius 2 is 1.48 bits per heavy atom. The number of rotatable bonds is 3. The highest BCUT2D eigenvalue weighted by Crippen LogP contribution is 2.54. The minimum atomic E-state index is -6.14. The van der Waals surface area contributed by atoms with Crippen molar-refractivity contribution in [1.82, 2.24) is 0 Å². The first-order valence-corrected chi connectivity index (χ1v) is 12.1. The van der Waals surface area contributed by atoms with Gasteiger partial charge >= 0.3 is 18.0 Å². The number of fused-ring (bicyclic) bond motifs is 3. The smallest absolute Gasteiger partial charge is 0.368 e. The molecule has 0 spiro atoms. The molecule has 2 atom stereocenters. The lowest BCUT2D eigenvalue weighted by Gasteiger charge is -2.36. The van der Waals surface area contributed by atoms with Gasteiger partial charge in [0.05, 0.1) is 4.90 Å². The zero-order chi connectivity index (χ0) is 24.4. The molecule has 0 saturated carbocycles. The third kappa shape index (κ3) is 3.87. The third-order valence-electron chi connectivity index (χ3n) is 6.57. The number of hydrogen-bond donors (Lipinski definition) is 0. The van der Waals surface area contributed by atoms with Gasteiger partial charge in [-0.25, -0.2) is 12.8 Å². The Morgan fingerprint density at radius 3 is 2.03 bits per heavy atom. The molecule has 0 amide bonds. The highest BCUT2D eigenvalue weighted by Gasteiger charge is 2.73. The van der Waals surface area contributed by atoms with Crippen molar-refractivity contribution in [1.29, 1.82) is 0 Å². The normalized spacial score (nSPS) is 21.6. The van der Waals surface area contributed by atoms with E-state index in [1.807, 2.05) is 0 Å². The molecule has 1 saturated heterocycles. The number of hydrogen-bond acceptors (Lipinski definition) is 3. The van der Waals surface area contributed by atoms with Crippen molar-refractivity contribution in [3.05, 3.63) is 59.2 Å². The maximum atomic E-state index is 14.5. The van der Waals surface area contributed by atoms with Crippen molar-refractivity contribution in [2.75, 3.05) is 17.7 Å². The van der Waals surface area contributed by atoms with Gasteiger partial charge in [-0.2, -0.15) is 26.3 Å². The summed E-state index contributed by atoms with van der Waals surface area (Å²) in [5.74, 6) is -0.136. The third-order valence-corrected chi connectivity index (χ3v) is 7.70. The molecule has 2 aliphatic rings. The van der Waals surface area contributed by atoms with Gasteiger partial charge in [0, 0.05) is 36.0 Å². The van der Waals surface area contributed by atoms with Crippen LogP contribution in [0.15, 0.2) is 47.4 Å². The van der Waals surface area contributed by atoms with E-state index in [1.165, 1.54) is 18.2 Å². The predicted molar refractivity (Wildman–Crippen MR) is 108 cm³/mol. The van der Waals surface area contributed by atoms with Crippen molar-refractivity contribution in [2.24, 2.45) is 0 Å². The number of sulfone groups is 1. The minimum Gasteiger partial charge on any atom is -0.368 e. The first-order chi connectivity index (χ1) is 15.1. The van der Waals surface area contributed by atoms with Crippen LogP contribution >= 0.6 is 0 Å². The second-order valence-electron chi connectivity index (χ2n) is 8.53. The Kier molecular flexibility index (Phi) is 5.50. The molecule has 1 fully saturated rings. The molecule has 0 radical (unpaired) electrons. The lowest BCUT2D eigenvalue weighted by molar-refractivity contribution is -0.348. The van der Waals surface area contributed by atoms with Crippen molar-refractivity contribution in [3.8, 4) is 0 Å². The van der Waals surface area contributed by atoms with Gasteiger partial charge in [0.25, 0.3) is 0 Å². The zero-order valence-corrected chi connectivity index (χ0v) is 18.2. The van der Waals surface area contributed by atoms with Crippen molar-refractivity contribution in [3.63, 3.8) is 0 Å². The van der Waals surface area contributed by atoms with E-state index in [2.05, 4.69) is 4.90 Å². The average Bonchev–Trinajstić information content (AvgIpc) is 3.15. The van der Waals surface area contributed by atoms with Gasteiger partial charge in [0.1, 0.15) is 0 Å². The topological polar surface area (TPSA) is 37.4 Å². The second kappa shape index (κ2) is 7.61. The highest BCUT2D eigenvalue weighted by atomic mass is 32.2. The fourth-order valence-corrected chi connectivity index (χ4v) is 5.60. The van der Waals surface area contributed by atoms with E-state index in [0.717, 1.165) is 11.9 Å². The summed E-state index contributed by atoms with van der Waals surface area (Å²) >= 11 is 0. The SMILES string of the molecule is CS(=O)(=O)c1ccc(N2CC[C@H]3c4ccc(C(F)(C(F)(F)F)C(F)(F)F)cc4CCC32)cc1. The summed E-state index contributed by atoms with van der Waals surface area (Å²) in [6, 6.07) is 8.79. The maximum absolute atomic E-state index is 14.5. The zero-order valence-electron chi connectivity index (χ0n) is 17.3. The van der Waals surface area contributed by atoms with Gasteiger partial charge in [-0.15, -0.1) is 0 Å². The Morgan fingerprint density at radius 1 is 0.879 bits per heavy atom. The average molecular weight is 495 g/mol. The van der Waals surface area contributed by atoms with E-state index in [4.69, 9.17) is 0 Å². The van der Waals surface area contributed by atoms with Gasteiger partial charge in [0.2, 0.25) is 0 Å². The fraction of sp³-hybridized carbons (Fsp3) is 0.455. The molecule has 2 aromatic rings. The first kappa shape index (κ1) is 23.8. The molecule has 1 heterocycles. The summed E-state index contributed by atoms with van der Waals surface area (Å²) in [5, 5.41) is 0. The Labute approximate surface area is 186 Å². The maximum Gasteiger partial charge on any atom is 0.435 e. The van der Waals surface area contributed by atoms with E-state index < -0.39 is 33.4 Å². The van der Waals surface area contributed by atoms with Crippen LogP contribution in [0.2, 0.25) is 0 Å². The van der Waals surface area contributed by atoms with Crippen molar-refractivity contribution >= 4 is 15.5 Å². The molecule has 4 rings (SSSR count). The molecule has 33 heavy (non-hydrogen) atoms. The van der Waals surface area contributed by atoms with E-state index in [1.54, 1.807) is 12.1 Å². The molecular formula is C22H20F7NO2S. The molecule has 0 aromatic heterocycles. The van der Waals surface area contributed by atoms with Crippen LogP contribution in [-0.4, -0.2) is 39.6 Å². The fourth-order valence-electron chi connectivity index (χ4n) is 4.97. The Bertz CT molecular complexity index is 1140. The van der Waals surface area contributed by atoms with Gasteiger partial charge in [-0.3, -0.25) is 0 Å². The number of nitrogens with zero attached hydrogens (tertiary/aromatic N) is 1. The standard InChI is InChI=1S/C22H20F7NO2S/c1-33(31,32)16-6-4-15(5-7-16)30-11-10-18-17-8-3-14(12-13(17)2-9-19(18)30)20(23,21(24,25)26)22(27,28)29/h3-8,12,18-19H,2,9-11H2,1H3/t18-,19?/m0/s1. The van der Waals surface area contributed by atoms with Crippen LogP contribution in [0.4, 0.5) is 36.4 Å². The summed E-state index contributed by atoms with van der Waals surface area (Å²) in [6.07, 6.45) is -9.90. The Hall–Kier alpha value is -2.30. The molecule has 0 bridgehead atoms. The van der Waals surface area contributed by atoms with Crippen LogP contribution in [0.3, 0.4) is 0 Å². The van der Waals surface area contributed by atoms with Crippen LogP contribution < -0.4 is 4.90 Å². The molecule has 2 aromatic carbocycles. The van der Waals surface area contributed by atoms with Gasteiger partial charge in [-0.05, 0) is 54.7 Å². The second-order valence-corrected chi connectivity index (χ2v) is 10.5. The number of alkyl halides is 7. The number of aryl methyl sites for hydroxylation is 1. The number of anilines is 1. The van der Waals surface area contributed by atoms with Crippen LogP contribution in [0.5, 0.6) is 0 Å². The summed E-state index contributed by atoms with van der Waals surface area (Å²) in [5.41, 5.74) is -5.19. The monoisotopic (exact) mass is 495 g/mol. The first-order valence-electron chi connectivity index (χ1n) is 10.2. The lowest BCUT2D eigenvalue weighted by Crippen LogP contribution is -2.50. The quantitative estimate of drug-likeness (QED) is 0.514. The molecule has 1 aliphatic carbocycles. The van der Waals surface area contributed by atoms with E-state index in [0.29, 0.717) is 42.6 Å². The van der Waals surface area contributed by atoms with E-state index in [-0.39, 0.29) is 23.3 Å². The molecule has 1 aliphatic heterocycles. The molecular weight excluding hydrogens is 475 g/mol. The lowest BCUT2D eigenvalue weighted by atomic mass is 9.77. The van der Waals surface area contributed by atoms with Gasteiger partial charge < -0.3 is 4.90 Å². The Balaban J connectivity index is 1.64. The summed E-state index contributed by atoms with van der Waals surface area (Å²) in [4.78, 5) is 2.24. The molecule has 3 nitrogen and oxygen atoms in total. The van der Waals surface area contributed by atoms with Crippen molar-refractivity contribution < 1.29 is 39.2 Å². The molecule has 11 heteroatoms. The van der Waals surface area contributed by atoms with Crippen LogP contribution in [0.1, 0.15) is 35.4 Å². The largest absolute Gasteiger partial charge is 0.435 e. The van der Waals surface area contributed by atoms with Crippen LogP contribution in [0.25, 0.3) is 0 Å². The van der Waals surface area contributed by atoms with Gasteiger partial charge in [0.15, 0.2) is 9.84 Å². The number of halogens is 7. The van der Waals surface area contributed by atoms with Crippen LogP contribution in [-0.2, 0) is 21.9 Å². The van der Waals surface area contributed by atoms with E-state index in [9.17, 15) is 39.2 Å². The predicted octanol–water partition coefficient (Wildman–Crippen LogP) is 5.69. The van der Waals surface area contributed by atoms with E-state index >= 15 is 0 Å². The molecule has 0 N–H and O–H groups in total. The minimum absolute atomic E-state index is 0.0483.